The van der Waals surface area contributed by atoms with Crippen LogP contribution in [0.5, 0.6) is 0 Å². The van der Waals surface area contributed by atoms with Crippen LogP contribution in [-0.4, -0.2) is 48.7 Å². The lowest BCUT2D eigenvalue weighted by Crippen LogP contribution is -2.33. The van der Waals surface area contributed by atoms with Crippen LogP contribution in [0.25, 0.3) is 0 Å². The summed E-state index contributed by atoms with van der Waals surface area (Å²) in [7, 11) is 2.19. The zero-order valence-corrected chi connectivity index (χ0v) is 19.8. The van der Waals surface area contributed by atoms with E-state index in [1.54, 1.807) is 30.5 Å². The highest BCUT2D eigenvalue weighted by Gasteiger charge is 2.32. The summed E-state index contributed by atoms with van der Waals surface area (Å²) in [5, 5.41) is 17.2. The summed E-state index contributed by atoms with van der Waals surface area (Å²) in [4.78, 5) is 20.0. The first-order valence-electron chi connectivity index (χ1n) is 12.0. The molecule has 1 saturated heterocycles. The zero-order valence-electron chi connectivity index (χ0n) is 19.8. The van der Waals surface area contributed by atoms with Crippen molar-refractivity contribution in [1.29, 1.82) is 5.41 Å². The molecule has 6 N–H and O–H groups in total. The molecule has 0 spiro atoms. The number of fused-ring (bicyclic) bond motifs is 1. The van der Waals surface area contributed by atoms with Crippen LogP contribution in [0.1, 0.15) is 40.2 Å². The number of amides is 1. The Morgan fingerprint density at radius 1 is 1.17 bits per heavy atom. The molecule has 2 aromatic carbocycles. The van der Waals surface area contributed by atoms with Gasteiger partial charge in [-0.05, 0) is 93.0 Å². The molecule has 0 saturated carbocycles. The SMILES string of the molecule is CN1CCC(C2CNc3ccc(NC(=O)c4cccnc4Nc4ccc(C=N)c(N)c4)cc32)CC1. The maximum atomic E-state index is 13.2. The number of aromatic nitrogens is 1. The van der Waals surface area contributed by atoms with Crippen LogP contribution in [0.4, 0.5) is 28.6 Å². The average molecular weight is 470 g/mol. The van der Waals surface area contributed by atoms with E-state index < -0.39 is 0 Å². The van der Waals surface area contributed by atoms with Gasteiger partial charge in [-0.1, -0.05) is 0 Å². The van der Waals surface area contributed by atoms with Gasteiger partial charge in [0.25, 0.3) is 5.91 Å². The number of benzene rings is 2. The number of hydrogen-bond donors (Lipinski definition) is 5. The Morgan fingerprint density at radius 3 is 2.74 bits per heavy atom. The predicted molar refractivity (Wildman–Crippen MR) is 142 cm³/mol. The van der Waals surface area contributed by atoms with Gasteiger partial charge in [-0.15, -0.1) is 0 Å². The fraction of sp³-hybridized carbons (Fsp3) is 0.296. The average Bonchev–Trinajstić information content (AvgIpc) is 3.28. The van der Waals surface area contributed by atoms with Gasteiger partial charge < -0.3 is 32.0 Å². The number of piperidine rings is 1. The molecule has 1 amide bonds. The standard InChI is InChI=1S/C27H31N7O/c1-34-11-8-17(9-12-34)23-16-31-25-7-6-19(13-22(23)25)33-27(35)21-3-2-10-30-26(21)32-20-5-4-18(15-28)24(29)14-20/h2-7,10,13-15,17,23,28,31H,8-9,11-12,16,29H2,1H3,(H,30,32)(H,33,35). The third-order valence-corrected chi connectivity index (χ3v) is 7.11. The van der Waals surface area contributed by atoms with Crippen molar-refractivity contribution in [2.24, 2.45) is 5.92 Å². The molecule has 1 fully saturated rings. The van der Waals surface area contributed by atoms with Gasteiger partial charge in [-0.3, -0.25) is 4.79 Å². The number of likely N-dealkylation sites (tertiary alicyclic amines) is 1. The first-order chi connectivity index (χ1) is 17.0. The minimum absolute atomic E-state index is 0.230. The number of nitrogen functional groups attached to an aromatic ring is 1. The molecule has 5 rings (SSSR count). The molecule has 180 valence electrons. The van der Waals surface area contributed by atoms with Crippen molar-refractivity contribution in [3.05, 3.63) is 71.4 Å². The summed E-state index contributed by atoms with van der Waals surface area (Å²) in [5.41, 5.74) is 11.5. The molecule has 35 heavy (non-hydrogen) atoms. The first kappa shape index (κ1) is 22.9. The molecule has 3 heterocycles. The normalized spacial score (nSPS) is 17.9. The summed E-state index contributed by atoms with van der Waals surface area (Å²) in [5.74, 6) is 1.34. The van der Waals surface area contributed by atoms with Gasteiger partial charge in [-0.25, -0.2) is 4.98 Å². The van der Waals surface area contributed by atoms with Crippen molar-refractivity contribution in [1.82, 2.24) is 9.88 Å². The van der Waals surface area contributed by atoms with Crippen molar-refractivity contribution in [3.63, 3.8) is 0 Å². The summed E-state index contributed by atoms with van der Waals surface area (Å²) in [6, 6.07) is 14.9. The molecule has 3 aromatic rings. The van der Waals surface area contributed by atoms with Crippen LogP contribution < -0.4 is 21.7 Å². The molecular formula is C27H31N7O. The molecule has 0 bridgehead atoms. The first-order valence-corrected chi connectivity index (χ1v) is 12.0. The minimum atomic E-state index is -0.230. The highest BCUT2D eigenvalue weighted by molar-refractivity contribution is 6.08. The van der Waals surface area contributed by atoms with Crippen LogP contribution in [0.3, 0.4) is 0 Å². The van der Waals surface area contributed by atoms with E-state index in [0.717, 1.165) is 25.3 Å². The molecule has 1 unspecified atom stereocenters. The van der Waals surface area contributed by atoms with Gasteiger partial charge >= 0.3 is 0 Å². The van der Waals surface area contributed by atoms with Crippen molar-refractivity contribution < 1.29 is 4.79 Å². The molecule has 2 aliphatic rings. The number of hydrogen-bond acceptors (Lipinski definition) is 7. The molecule has 8 heteroatoms. The van der Waals surface area contributed by atoms with Gasteiger partial charge in [0.1, 0.15) is 5.82 Å². The van der Waals surface area contributed by atoms with Crippen molar-refractivity contribution in [3.8, 4) is 0 Å². The molecule has 2 aliphatic heterocycles. The van der Waals surface area contributed by atoms with E-state index in [2.05, 4.69) is 45.0 Å². The van der Waals surface area contributed by atoms with Crippen LogP contribution >= 0.6 is 0 Å². The van der Waals surface area contributed by atoms with E-state index in [4.69, 9.17) is 11.1 Å². The Morgan fingerprint density at radius 2 is 1.97 bits per heavy atom. The lowest BCUT2D eigenvalue weighted by Gasteiger charge is -2.32. The van der Waals surface area contributed by atoms with Crippen molar-refractivity contribution >= 4 is 40.7 Å². The van der Waals surface area contributed by atoms with Crippen LogP contribution in [0.15, 0.2) is 54.7 Å². The Hall–Kier alpha value is -3.91. The van der Waals surface area contributed by atoms with E-state index in [-0.39, 0.29) is 5.91 Å². The van der Waals surface area contributed by atoms with Crippen LogP contribution in [0, 0.1) is 11.3 Å². The van der Waals surface area contributed by atoms with E-state index in [9.17, 15) is 4.79 Å². The summed E-state index contributed by atoms with van der Waals surface area (Å²) < 4.78 is 0. The second kappa shape index (κ2) is 9.76. The fourth-order valence-corrected chi connectivity index (χ4v) is 5.10. The number of nitrogens with one attached hydrogen (secondary N) is 4. The van der Waals surface area contributed by atoms with Gasteiger partial charge in [0, 0.05) is 53.2 Å². The van der Waals surface area contributed by atoms with E-state index in [1.807, 2.05) is 12.1 Å². The number of carbonyl (C=O) groups is 1. The Bertz CT molecular complexity index is 1250. The van der Waals surface area contributed by atoms with Gasteiger partial charge in [0.15, 0.2) is 0 Å². The minimum Gasteiger partial charge on any atom is -0.398 e. The summed E-state index contributed by atoms with van der Waals surface area (Å²) in [6.45, 7) is 3.23. The molecule has 1 atom stereocenters. The number of anilines is 5. The van der Waals surface area contributed by atoms with Crippen LogP contribution in [0.2, 0.25) is 0 Å². The zero-order chi connectivity index (χ0) is 24.4. The van der Waals surface area contributed by atoms with E-state index >= 15 is 0 Å². The third kappa shape index (κ3) is 4.83. The Labute approximate surface area is 205 Å². The predicted octanol–water partition coefficient (Wildman–Crippen LogP) is 4.51. The largest absolute Gasteiger partial charge is 0.398 e. The van der Waals surface area contributed by atoms with Gasteiger partial charge in [0.2, 0.25) is 0 Å². The smallest absolute Gasteiger partial charge is 0.259 e. The lowest BCUT2D eigenvalue weighted by molar-refractivity contribution is 0.102. The maximum Gasteiger partial charge on any atom is 0.259 e. The quantitative estimate of drug-likeness (QED) is 0.268. The molecule has 0 aliphatic carbocycles. The number of rotatable bonds is 6. The van der Waals surface area contributed by atoms with Gasteiger partial charge in [0.05, 0.1) is 5.56 Å². The van der Waals surface area contributed by atoms with E-state index in [0.29, 0.717) is 40.2 Å². The van der Waals surface area contributed by atoms with E-state index in [1.165, 1.54) is 30.3 Å². The number of carbonyl (C=O) groups excluding carboxylic acids is 1. The second-order valence-corrected chi connectivity index (χ2v) is 9.40. The van der Waals surface area contributed by atoms with Crippen molar-refractivity contribution in [2.45, 2.75) is 18.8 Å². The topological polar surface area (TPSA) is 119 Å². The summed E-state index contributed by atoms with van der Waals surface area (Å²) >= 11 is 0. The molecular weight excluding hydrogens is 438 g/mol. The highest BCUT2D eigenvalue weighted by Crippen LogP contribution is 2.41. The monoisotopic (exact) mass is 469 g/mol. The Balaban J connectivity index is 1.33. The number of nitrogens with two attached hydrogens (primary N) is 1. The molecule has 1 aromatic heterocycles. The third-order valence-electron chi connectivity index (χ3n) is 7.11. The highest BCUT2D eigenvalue weighted by atomic mass is 16.1. The van der Waals surface area contributed by atoms with Crippen LogP contribution in [-0.2, 0) is 0 Å². The van der Waals surface area contributed by atoms with Crippen molar-refractivity contribution in [2.75, 3.05) is 48.4 Å². The number of pyridine rings is 1. The second-order valence-electron chi connectivity index (χ2n) is 9.40. The number of nitrogens with zero attached hydrogens (tertiary/aromatic N) is 2. The molecule has 0 radical (unpaired) electrons. The summed E-state index contributed by atoms with van der Waals surface area (Å²) in [6.07, 6.45) is 5.26. The maximum absolute atomic E-state index is 13.2. The molecule has 8 nitrogen and oxygen atoms in total. The fourth-order valence-electron chi connectivity index (χ4n) is 5.10. The Kier molecular flexibility index (Phi) is 6.37. The lowest BCUT2D eigenvalue weighted by atomic mass is 9.81. The van der Waals surface area contributed by atoms with Gasteiger partial charge in [-0.2, -0.15) is 0 Å².